The van der Waals surface area contributed by atoms with E-state index in [4.69, 9.17) is 0 Å². The number of amides is 1. The number of H-pyrrole nitrogens is 1. The van der Waals surface area contributed by atoms with Crippen LogP contribution in [-0.4, -0.2) is 40.9 Å². The molecule has 0 aliphatic rings. The quantitative estimate of drug-likeness (QED) is 0.840. The fraction of sp³-hybridized carbons (Fsp3) is 0.500. The molecule has 0 radical (unpaired) electrons. The van der Waals surface area contributed by atoms with E-state index < -0.39 is 0 Å². The van der Waals surface area contributed by atoms with Gasteiger partial charge in [0.15, 0.2) is 0 Å². The lowest BCUT2D eigenvalue weighted by Gasteiger charge is -2.21. The number of carbonyl (C=O) groups is 1. The van der Waals surface area contributed by atoms with Gasteiger partial charge in [-0.3, -0.25) is 9.59 Å². The molecule has 0 saturated heterocycles. The summed E-state index contributed by atoms with van der Waals surface area (Å²) >= 11 is 1.37. The third-order valence-corrected chi connectivity index (χ3v) is 4.15. The van der Waals surface area contributed by atoms with E-state index in [1.807, 2.05) is 25.3 Å². The standard InChI is InChI=1S/C14H20N4O2S/c1-4-15-7-9(2)14(20)18(3)8-11-16-10-5-6-21-12(10)13(19)17-11/h5-6,9,15H,4,7-8H2,1-3H3,(H,16,17,19). The topological polar surface area (TPSA) is 78.1 Å². The van der Waals surface area contributed by atoms with E-state index in [-0.39, 0.29) is 17.4 Å². The summed E-state index contributed by atoms with van der Waals surface area (Å²) in [5.41, 5.74) is 0.534. The number of hydrogen-bond acceptors (Lipinski definition) is 5. The van der Waals surface area contributed by atoms with Gasteiger partial charge in [-0.25, -0.2) is 4.98 Å². The molecule has 2 aromatic heterocycles. The van der Waals surface area contributed by atoms with Gasteiger partial charge in [0.05, 0.1) is 12.1 Å². The lowest BCUT2D eigenvalue weighted by molar-refractivity contribution is -0.134. The average molecular weight is 308 g/mol. The smallest absolute Gasteiger partial charge is 0.268 e. The minimum atomic E-state index is -0.147. The van der Waals surface area contributed by atoms with Crippen molar-refractivity contribution in [3.63, 3.8) is 0 Å². The van der Waals surface area contributed by atoms with Crippen molar-refractivity contribution in [1.29, 1.82) is 0 Å². The Morgan fingerprint density at radius 1 is 1.57 bits per heavy atom. The largest absolute Gasteiger partial charge is 0.338 e. The number of nitrogens with zero attached hydrogens (tertiary/aromatic N) is 2. The second kappa shape index (κ2) is 6.82. The Balaban J connectivity index is 2.08. The number of aromatic amines is 1. The van der Waals surface area contributed by atoms with Crippen LogP contribution in [0.15, 0.2) is 16.2 Å². The summed E-state index contributed by atoms with van der Waals surface area (Å²) in [4.78, 5) is 32.8. The SMILES string of the molecule is CCNCC(C)C(=O)N(C)Cc1nc2ccsc2c(=O)[nH]1. The Hall–Kier alpha value is -1.73. The number of fused-ring (bicyclic) bond motifs is 1. The molecule has 2 N–H and O–H groups in total. The van der Waals surface area contributed by atoms with Gasteiger partial charge in [0, 0.05) is 19.5 Å². The summed E-state index contributed by atoms with van der Waals surface area (Å²) < 4.78 is 0.619. The van der Waals surface area contributed by atoms with Gasteiger partial charge in [-0.05, 0) is 18.0 Å². The molecule has 1 unspecified atom stereocenters. The van der Waals surface area contributed by atoms with Gasteiger partial charge >= 0.3 is 0 Å². The molecule has 2 aromatic rings. The predicted molar refractivity (Wildman–Crippen MR) is 84.4 cm³/mol. The van der Waals surface area contributed by atoms with Crippen LogP contribution in [0.1, 0.15) is 19.7 Å². The lowest BCUT2D eigenvalue weighted by atomic mass is 10.1. The van der Waals surface area contributed by atoms with Crippen molar-refractivity contribution in [2.45, 2.75) is 20.4 Å². The third kappa shape index (κ3) is 3.68. The van der Waals surface area contributed by atoms with Gasteiger partial charge in [-0.1, -0.05) is 13.8 Å². The summed E-state index contributed by atoms with van der Waals surface area (Å²) in [6, 6.07) is 1.81. The zero-order chi connectivity index (χ0) is 15.4. The highest BCUT2D eigenvalue weighted by molar-refractivity contribution is 7.17. The normalized spacial score (nSPS) is 12.5. The Morgan fingerprint density at radius 2 is 2.33 bits per heavy atom. The van der Waals surface area contributed by atoms with Gasteiger partial charge in [-0.15, -0.1) is 11.3 Å². The monoisotopic (exact) mass is 308 g/mol. The van der Waals surface area contributed by atoms with Crippen molar-refractivity contribution in [3.05, 3.63) is 27.6 Å². The van der Waals surface area contributed by atoms with E-state index in [1.54, 1.807) is 11.9 Å². The molecule has 114 valence electrons. The van der Waals surface area contributed by atoms with Crippen molar-refractivity contribution < 1.29 is 4.79 Å². The van der Waals surface area contributed by atoms with Crippen LogP contribution >= 0.6 is 11.3 Å². The van der Waals surface area contributed by atoms with Gasteiger partial charge in [0.2, 0.25) is 5.91 Å². The van der Waals surface area contributed by atoms with Crippen LogP contribution in [0.25, 0.3) is 10.2 Å². The molecule has 6 nitrogen and oxygen atoms in total. The van der Waals surface area contributed by atoms with Crippen molar-refractivity contribution in [3.8, 4) is 0 Å². The van der Waals surface area contributed by atoms with Crippen LogP contribution in [0, 0.1) is 5.92 Å². The Bertz CT molecular complexity index is 679. The third-order valence-electron chi connectivity index (χ3n) is 3.25. The maximum absolute atomic E-state index is 12.2. The molecular weight excluding hydrogens is 288 g/mol. The minimum Gasteiger partial charge on any atom is -0.338 e. The molecule has 0 fully saturated rings. The zero-order valence-electron chi connectivity index (χ0n) is 12.5. The lowest BCUT2D eigenvalue weighted by Crippen LogP contribution is -2.37. The zero-order valence-corrected chi connectivity index (χ0v) is 13.3. The Labute approximate surface area is 127 Å². The molecule has 7 heteroatoms. The molecule has 0 bridgehead atoms. The van der Waals surface area contributed by atoms with E-state index in [2.05, 4.69) is 15.3 Å². The molecule has 0 saturated carbocycles. The average Bonchev–Trinajstić information content (AvgIpc) is 2.92. The van der Waals surface area contributed by atoms with Crippen LogP contribution in [0.5, 0.6) is 0 Å². The van der Waals surface area contributed by atoms with E-state index in [9.17, 15) is 9.59 Å². The van der Waals surface area contributed by atoms with Crippen molar-refractivity contribution in [2.75, 3.05) is 20.1 Å². The number of nitrogens with one attached hydrogen (secondary N) is 2. The first-order valence-electron chi connectivity index (χ1n) is 6.95. The molecule has 2 heterocycles. The van der Waals surface area contributed by atoms with Crippen LogP contribution in [0.2, 0.25) is 0 Å². The number of carbonyl (C=O) groups excluding carboxylic acids is 1. The summed E-state index contributed by atoms with van der Waals surface area (Å²) in [5.74, 6) is 0.438. The van der Waals surface area contributed by atoms with Gasteiger partial charge in [0.1, 0.15) is 10.5 Å². The molecule has 0 aromatic carbocycles. The van der Waals surface area contributed by atoms with Gasteiger partial charge < -0.3 is 15.2 Å². The van der Waals surface area contributed by atoms with E-state index in [0.717, 1.165) is 6.54 Å². The summed E-state index contributed by atoms with van der Waals surface area (Å²) in [5, 5.41) is 5.00. The first-order valence-corrected chi connectivity index (χ1v) is 7.83. The van der Waals surface area contributed by atoms with Crippen LogP contribution in [-0.2, 0) is 11.3 Å². The summed E-state index contributed by atoms with van der Waals surface area (Å²) in [6.07, 6.45) is 0. The maximum atomic E-state index is 12.2. The van der Waals surface area contributed by atoms with Crippen molar-refractivity contribution >= 4 is 27.5 Å². The van der Waals surface area contributed by atoms with Gasteiger partial charge in [0.25, 0.3) is 5.56 Å². The second-order valence-electron chi connectivity index (χ2n) is 5.05. The van der Waals surface area contributed by atoms with E-state index in [1.165, 1.54) is 11.3 Å². The number of hydrogen-bond donors (Lipinski definition) is 2. The maximum Gasteiger partial charge on any atom is 0.268 e. The molecule has 21 heavy (non-hydrogen) atoms. The van der Waals surface area contributed by atoms with Gasteiger partial charge in [-0.2, -0.15) is 0 Å². The fourth-order valence-electron chi connectivity index (χ4n) is 2.12. The molecule has 0 spiro atoms. The minimum absolute atomic E-state index is 0.0315. The first-order chi connectivity index (χ1) is 10.0. The Kier molecular flexibility index (Phi) is 5.08. The number of aromatic nitrogens is 2. The highest BCUT2D eigenvalue weighted by Crippen LogP contribution is 2.14. The van der Waals surface area contributed by atoms with Crippen molar-refractivity contribution in [1.82, 2.24) is 20.2 Å². The highest BCUT2D eigenvalue weighted by atomic mass is 32.1. The van der Waals surface area contributed by atoms with E-state index in [0.29, 0.717) is 29.1 Å². The van der Waals surface area contributed by atoms with Crippen LogP contribution in [0.4, 0.5) is 0 Å². The number of rotatable bonds is 6. The van der Waals surface area contributed by atoms with E-state index >= 15 is 0 Å². The molecule has 1 amide bonds. The van der Waals surface area contributed by atoms with Crippen LogP contribution in [0.3, 0.4) is 0 Å². The summed E-state index contributed by atoms with van der Waals surface area (Å²) in [6.45, 7) is 5.68. The first kappa shape index (κ1) is 15.7. The molecular formula is C14H20N4O2S. The molecule has 0 aliphatic heterocycles. The summed E-state index contributed by atoms with van der Waals surface area (Å²) in [7, 11) is 1.72. The number of thiophene rings is 1. The molecule has 2 rings (SSSR count). The predicted octanol–water partition coefficient (Wildman–Crippen LogP) is 1.19. The van der Waals surface area contributed by atoms with Crippen molar-refractivity contribution in [2.24, 2.45) is 5.92 Å². The Morgan fingerprint density at radius 3 is 3.05 bits per heavy atom. The second-order valence-corrected chi connectivity index (χ2v) is 5.97. The van der Waals surface area contributed by atoms with Crippen LogP contribution < -0.4 is 10.9 Å². The fourth-order valence-corrected chi connectivity index (χ4v) is 2.85. The molecule has 1 atom stereocenters. The molecule has 0 aliphatic carbocycles. The highest BCUT2D eigenvalue weighted by Gasteiger charge is 2.18.